The van der Waals surface area contributed by atoms with Crippen molar-refractivity contribution in [2.24, 2.45) is 5.92 Å². The first-order valence-electron chi connectivity index (χ1n) is 8.96. The van der Waals surface area contributed by atoms with Crippen LogP contribution in [-0.4, -0.2) is 35.4 Å². The van der Waals surface area contributed by atoms with Crippen molar-refractivity contribution in [3.05, 3.63) is 53.2 Å². The summed E-state index contributed by atoms with van der Waals surface area (Å²) in [6, 6.07) is 10.3. The fourth-order valence-electron chi connectivity index (χ4n) is 3.39. The Morgan fingerprint density at radius 1 is 1.30 bits per heavy atom. The third-order valence-electron chi connectivity index (χ3n) is 4.67. The van der Waals surface area contributed by atoms with E-state index in [4.69, 9.17) is 4.74 Å². The molecule has 1 aromatic carbocycles. The number of carbonyl (C=O) groups is 2. The van der Waals surface area contributed by atoms with Gasteiger partial charge in [-0.3, -0.25) is 9.59 Å². The van der Waals surface area contributed by atoms with Crippen LogP contribution in [0.5, 0.6) is 5.88 Å². The lowest BCUT2D eigenvalue weighted by Gasteiger charge is -2.23. The predicted octanol–water partition coefficient (Wildman–Crippen LogP) is 2.86. The van der Waals surface area contributed by atoms with E-state index in [1.807, 2.05) is 32.9 Å². The maximum Gasteiger partial charge on any atom is 0.264 e. The average molecular weight is 368 g/mol. The van der Waals surface area contributed by atoms with Crippen molar-refractivity contribution in [1.82, 2.24) is 4.98 Å². The number of Topliss-reactive ketones (excluding diaryl/α,β-unsaturated/α-hetero) is 1. The Hall–Kier alpha value is -2.73. The highest BCUT2D eigenvalue weighted by Crippen LogP contribution is 2.43. The molecular formula is C21H24N2O4. The molecule has 2 heterocycles. The van der Waals surface area contributed by atoms with Crippen LogP contribution < -0.4 is 9.64 Å². The number of fused-ring (bicyclic) bond motifs is 1. The predicted molar refractivity (Wildman–Crippen MR) is 102 cm³/mol. The van der Waals surface area contributed by atoms with Crippen LogP contribution in [0.4, 0.5) is 5.69 Å². The van der Waals surface area contributed by atoms with E-state index in [9.17, 15) is 14.7 Å². The maximum absolute atomic E-state index is 13.1. The van der Waals surface area contributed by atoms with Gasteiger partial charge in [-0.25, -0.2) is 4.98 Å². The van der Waals surface area contributed by atoms with Gasteiger partial charge >= 0.3 is 0 Å². The number of aromatic nitrogens is 1. The number of methoxy groups -OCH3 is 1. The van der Waals surface area contributed by atoms with Gasteiger partial charge in [0.2, 0.25) is 5.88 Å². The lowest BCUT2D eigenvalue weighted by molar-refractivity contribution is -0.136. The highest BCUT2D eigenvalue weighted by atomic mass is 16.5. The topological polar surface area (TPSA) is 79.7 Å². The normalized spacial score (nSPS) is 18.7. The molecule has 1 unspecified atom stereocenters. The van der Waals surface area contributed by atoms with Crippen molar-refractivity contribution in [1.29, 1.82) is 0 Å². The molecule has 0 bridgehead atoms. The van der Waals surface area contributed by atoms with Crippen molar-refractivity contribution in [3.8, 4) is 5.88 Å². The van der Waals surface area contributed by atoms with E-state index in [0.717, 1.165) is 5.56 Å². The monoisotopic (exact) mass is 368 g/mol. The number of aryl methyl sites for hydroxylation is 1. The molecule has 0 saturated heterocycles. The summed E-state index contributed by atoms with van der Waals surface area (Å²) in [6.07, 6.45) is -0.364. The van der Waals surface area contributed by atoms with Crippen molar-refractivity contribution in [3.63, 3.8) is 0 Å². The summed E-state index contributed by atoms with van der Waals surface area (Å²) in [5, 5.41) is 11.3. The Bertz CT molecular complexity index is 894. The molecule has 0 radical (unpaired) electrons. The molecule has 6 nitrogen and oxygen atoms in total. The summed E-state index contributed by atoms with van der Waals surface area (Å²) in [6.45, 7) is 6.37. The van der Waals surface area contributed by atoms with Crippen molar-refractivity contribution in [2.45, 2.75) is 32.8 Å². The van der Waals surface area contributed by atoms with Crippen LogP contribution in [-0.2, 0) is 10.4 Å². The number of hydrogen-bond acceptors (Lipinski definition) is 5. The quantitative estimate of drug-likeness (QED) is 0.793. The van der Waals surface area contributed by atoms with Gasteiger partial charge in [-0.1, -0.05) is 37.6 Å². The molecule has 1 amide bonds. The number of benzene rings is 1. The standard InChI is InChI=1S/C21H24N2O4/c1-13(2)12-23-17-9-8-14(3)10-15(17)21(26,20(23)25)11-18(24)16-6-5-7-19(22-16)27-4/h5-10,13,26H,11-12H2,1-4H3. The van der Waals surface area contributed by atoms with Gasteiger partial charge in [-0.2, -0.15) is 0 Å². The van der Waals surface area contributed by atoms with Gasteiger partial charge in [-0.15, -0.1) is 0 Å². The summed E-state index contributed by atoms with van der Waals surface area (Å²) >= 11 is 0. The number of amides is 1. The van der Waals surface area contributed by atoms with Gasteiger partial charge in [0.1, 0.15) is 5.69 Å². The van der Waals surface area contributed by atoms with Gasteiger partial charge in [-0.05, 0) is 25.0 Å². The number of aliphatic hydroxyl groups is 1. The maximum atomic E-state index is 13.1. The molecule has 0 fully saturated rings. The third-order valence-corrected chi connectivity index (χ3v) is 4.67. The molecule has 1 aromatic heterocycles. The van der Waals surface area contributed by atoms with Crippen molar-refractivity contribution >= 4 is 17.4 Å². The Morgan fingerprint density at radius 3 is 2.70 bits per heavy atom. The van der Waals surface area contributed by atoms with E-state index in [1.165, 1.54) is 7.11 Å². The molecular weight excluding hydrogens is 344 g/mol. The Kier molecular flexibility index (Phi) is 5.02. The molecule has 6 heteroatoms. The highest BCUT2D eigenvalue weighted by molar-refractivity contribution is 6.10. The molecule has 0 aliphatic carbocycles. The van der Waals surface area contributed by atoms with E-state index in [-0.39, 0.29) is 18.0 Å². The summed E-state index contributed by atoms with van der Waals surface area (Å²) < 4.78 is 5.05. The highest BCUT2D eigenvalue weighted by Gasteiger charge is 2.51. The molecule has 2 aromatic rings. The molecule has 1 aliphatic heterocycles. The summed E-state index contributed by atoms with van der Waals surface area (Å²) in [5.74, 6) is -0.346. The van der Waals surface area contributed by atoms with Crippen molar-refractivity contribution < 1.29 is 19.4 Å². The minimum absolute atomic E-state index is 0.159. The Balaban J connectivity index is 1.99. The molecule has 0 spiro atoms. The second-order valence-corrected chi connectivity index (χ2v) is 7.36. The van der Waals surface area contributed by atoms with E-state index in [0.29, 0.717) is 23.7 Å². The number of ketones is 1. The van der Waals surface area contributed by atoms with Crippen LogP contribution in [0.3, 0.4) is 0 Å². The fraction of sp³-hybridized carbons (Fsp3) is 0.381. The summed E-state index contributed by atoms with van der Waals surface area (Å²) in [4.78, 5) is 31.6. The third kappa shape index (κ3) is 3.45. The Labute approximate surface area is 158 Å². The van der Waals surface area contributed by atoms with Gasteiger partial charge in [0.05, 0.1) is 19.2 Å². The first kappa shape index (κ1) is 19.0. The zero-order chi connectivity index (χ0) is 19.8. The zero-order valence-electron chi connectivity index (χ0n) is 16.0. The second kappa shape index (κ2) is 7.12. The molecule has 0 saturated carbocycles. The number of pyridine rings is 1. The van der Waals surface area contributed by atoms with E-state index < -0.39 is 17.3 Å². The molecule has 1 N–H and O–H groups in total. The zero-order valence-corrected chi connectivity index (χ0v) is 16.0. The number of ether oxygens (including phenoxy) is 1. The van der Waals surface area contributed by atoms with Gasteiger partial charge in [0, 0.05) is 18.2 Å². The van der Waals surface area contributed by atoms with E-state index in [2.05, 4.69) is 4.98 Å². The smallest absolute Gasteiger partial charge is 0.264 e. The average Bonchev–Trinajstić information content (AvgIpc) is 2.83. The lowest BCUT2D eigenvalue weighted by atomic mass is 9.88. The van der Waals surface area contributed by atoms with Crippen LogP contribution >= 0.6 is 0 Å². The van der Waals surface area contributed by atoms with E-state index in [1.54, 1.807) is 29.2 Å². The Morgan fingerprint density at radius 2 is 2.04 bits per heavy atom. The largest absolute Gasteiger partial charge is 0.481 e. The minimum Gasteiger partial charge on any atom is -0.481 e. The summed E-state index contributed by atoms with van der Waals surface area (Å²) in [5.41, 5.74) is 0.320. The molecule has 1 atom stereocenters. The molecule has 27 heavy (non-hydrogen) atoms. The number of nitrogens with zero attached hydrogens (tertiary/aromatic N) is 2. The number of hydrogen-bond donors (Lipinski definition) is 1. The van der Waals surface area contributed by atoms with Crippen LogP contribution in [0, 0.1) is 12.8 Å². The minimum atomic E-state index is -1.89. The van der Waals surface area contributed by atoms with Gasteiger partial charge < -0.3 is 14.7 Å². The van der Waals surface area contributed by atoms with Gasteiger partial charge in [0.15, 0.2) is 11.4 Å². The first-order valence-corrected chi connectivity index (χ1v) is 8.96. The first-order chi connectivity index (χ1) is 12.8. The van der Waals surface area contributed by atoms with Gasteiger partial charge in [0.25, 0.3) is 5.91 Å². The van der Waals surface area contributed by atoms with Crippen LogP contribution in [0.2, 0.25) is 0 Å². The summed E-state index contributed by atoms with van der Waals surface area (Å²) in [7, 11) is 1.47. The van der Waals surface area contributed by atoms with E-state index >= 15 is 0 Å². The van der Waals surface area contributed by atoms with Crippen LogP contribution in [0.25, 0.3) is 0 Å². The lowest BCUT2D eigenvalue weighted by Crippen LogP contribution is -2.43. The molecule has 1 aliphatic rings. The van der Waals surface area contributed by atoms with Crippen LogP contribution in [0.1, 0.15) is 41.9 Å². The molecule has 3 rings (SSSR count). The number of carbonyl (C=O) groups excluding carboxylic acids is 2. The second-order valence-electron chi connectivity index (χ2n) is 7.36. The van der Waals surface area contributed by atoms with Crippen LogP contribution in [0.15, 0.2) is 36.4 Å². The number of rotatable bonds is 6. The van der Waals surface area contributed by atoms with Crippen molar-refractivity contribution in [2.75, 3.05) is 18.6 Å². The number of anilines is 1. The fourth-order valence-corrected chi connectivity index (χ4v) is 3.39. The SMILES string of the molecule is COc1cccc(C(=O)CC2(O)C(=O)N(CC(C)C)c3ccc(C)cc32)n1. The molecule has 142 valence electrons.